The molecule has 0 aromatic heterocycles. The number of carbonyl (C=O) groups excluding carboxylic acids is 1. The molecule has 0 rings (SSSR count). The Hall–Kier alpha value is -0.730. The zero-order chi connectivity index (χ0) is 9.72. The van der Waals surface area contributed by atoms with E-state index in [1.54, 1.807) is 0 Å². The standard InChI is InChI=1S/C9H19NO2/c1-6(2)8(5)10-9(11)12-7(3)4/h6-8H,1-5H3,(H,10,11)/t8-/m1/s1. The summed E-state index contributed by atoms with van der Waals surface area (Å²) in [6, 6.07) is 0.163. The van der Waals surface area contributed by atoms with Gasteiger partial charge in [-0.05, 0) is 26.7 Å². The van der Waals surface area contributed by atoms with Crippen LogP contribution < -0.4 is 5.32 Å². The Morgan fingerprint density at radius 1 is 1.17 bits per heavy atom. The van der Waals surface area contributed by atoms with Crippen molar-refractivity contribution in [3.63, 3.8) is 0 Å². The molecule has 0 fully saturated rings. The van der Waals surface area contributed by atoms with Gasteiger partial charge < -0.3 is 10.1 Å². The van der Waals surface area contributed by atoms with E-state index >= 15 is 0 Å². The molecule has 0 spiro atoms. The molecule has 0 aromatic carbocycles. The summed E-state index contributed by atoms with van der Waals surface area (Å²) in [4.78, 5) is 11.0. The third-order valence-corrected chi connectivity index (χ3v) is 1.69. The van der Waals surface area contributed by atoms with E-state index in [0.29, 0.717) is 5.92 Å². The van der Waals surface area contributed by atoms with Crippen LogP contribution in [0.25, 0.3) is 0 Å². The van der Waals surface area contributed by atoms with Crippen molar-refractivity contribution in [2.24, 2.45) is 5.92 Å². The van der Waals surface area contributed by atoms with Gasteiger partial charge in [0.15, 0.2) is 0 Å². The van der Waals surface area contributed by atoms with Crippen LogP contribution in [0, 0.1) is 5.92 Å². The fourth-order valence-corrected chi connectivity index (χ4v) is 0.601. The van der Waals surface area contributed by atoms with Crippen molar-refractivity contribution in [3.8, 4) is 0 Å². The van der Waals surface area contributed by atoms with Crippen LogP contribution in [0.15, 0.2) is 0 Å². The summed E-state index contributed by atoms with van der Waals surface area (Å²) in [6.07, 6.45) is -0.379. The molecule has 0 radical (unpaired) electrons. The summed E-state index contributed by atoms with van der Waals surface area (Å²) in [5, 5.41) is 2.75. The van der Waals surface area contributed by atoms with Gasteiger partial charge in [-0.25, -0.2) is 4.79 Å². The molecule has 0 saturated carbocycles. The first-order chi connectivity index (χ1) is 5.43. The van der Waals surface area contributed by atoms with Crippen molar-refractivity contribution in [2.75, 3.05) is 0 Å². The Morgan fingerprint density at radius 3 is 2.00 bits per heavy atom. The van der Waals surface area contributed by atoms with Crippen LogP contribution in [-0.4, -0.2) is 18.2 Å². The summed E-state index contributed by atoms with van der Waals surface area (Å²) in [7, 11) is 0. The molecule has 0 aliphatic carbocycles. The zero-order valence-electron chi connectivity index (χ0n) is 8.55. The van der Waals surface area contributed by atoms with E-state index < -0.39 is 0 Å². The maximum absolute atomic E-state index is 11.0. The van der Waals surface area contributed by atoms with Crippen LogP contribution in [0.4, 0.5) is 4.79 Å². The Labute approximate surface area is 74.5 Å². The number of hydrogen-bond acceptors (Lipinski definition) is 2. The van der Waals surface area contributed by atoms with Gasteiger partial charge in [-0.2, -0.15) is 0 Å². The predicted molar refractivity (Wildman–Crippen MR) is 49.1 cm³/mol. The molecule has 72 valence electrons. The molecule has 1 atom stereocenters. The van der Waals surface area contributed by atoms with Gasteiger partial charge in [0.25, 0.3) is 0 Å². The molecule has 0 bridgehead atoms. The van der Waals surface area contributed by atoms with Crippen molar-refractivity contribution in [1.82, 2.24) is 5.32 Å². The highest BCUT2D eigenvalue weighted by Gasteiger charge is 2.11. The van der Waals surface area contributed by atoms with E-state index in [-0.39, 0.29) is 18.2 Å². The molecule has 0 aromatic rings. The van der Waals surface area contributed by atoms with Crippen LogP contribution in [-0.2, 0) is 4.74 Å². The van der Waals surface area contributed by atoms with Gasteiger partial charge in [-0.15, -0.1) is 0 Å². The minimum absolute atomic E-state index is 0.0515. The van der Waals surface area contributed by atoms with Gasteiger partial charge >= 0.3 is 6.09 Å². The summed E-state index contributed by atoms with van der Waals surface area (Å²) < 4.78 is 4.92. The molecule has 1 N–H and O–H groups in total. The first-order valence-corrected chi connectivity index (χ1v) is 4.40. The van der Waals surface area contributed by atoms with Crippen molar-refractivity contribution in [3.05, 3.63) is 0 Å². The number of amides is 1. The van der Waals surface area contributed by atoms with E-state index in [2.05, 4.69) is 19.2 Å². The Bertz CT molecular complexity index is 143. The quantitative estimate of drug-likeness (QED) is 0.710. The van der Waals surface area contributed by atoms with E-state index in [4.69, 9.17) is 4.74 Å². The molecule has 0 heterocycles. The summed E-state index contributed by atoms with van der Waals surface area (Å²) in [5.41, 5.74) is 0. The Kier molecular flexibility index (Phi) is 4.71. The molecular formula is C9H19NO2. The zero-order valence-corrected chi connectivity index (χ0v) is 8.55. The summed E-state index contributed by atoms with van der Waals surface area (Å²) in [5.74, 6) is 0.435. The van der Waals surface area contributed by atoms with E-state index in [0.717, 1.165) is 0 Å². The Morgan fingerprint density at radius 2 is 1.67 bits per heavy atom. The molecule has 0 saturated heterocycles. The first-order valence-electron chi connectivity index (χ1n) is 4.40. The van der Waals surface area contributed by atoms with Gasteiger partial charge in [0.2, 0.25) is 0 Å². The van der Waals surface area contributed by atoms with E-state index in [1.165, 1.54) is 0 Å². The fourth-order valence-electron chi connectivity index (χ4n) is 0.601. The highest BCUT2D eigenvalue weighted by molar-refractivity contribution is 5.67. The van der Waals surface area contributed by atoms with Gasteiger partial charge in [0.1, 0.15) is 0 Å². The minimum Gasteiger partial charge on any atom is -0.447 e. The van der Waals surface area contributed by atoms with Gasteiger partial charge in [0.05, 0.1) is 6.10 Å². The number of hydrogen-bond donors (Lipinski definition) is 1. The maximum atomic E-state index is 11.0. The average Bonchev–Trinajstić information content (AvgIpc) is 1.84. The van der Waals surface area contributed by atoms with Crippen LogP contribution in [0.1, 0.15) is 34.6 Å². The topological polar surface area (TPSA) is 38.3 Å². The monoisotopic (exact) mass is 173 g/mol. The molecule has 0 aliphatic heterocycles. The van der Waals surface area contributed by atoms with Crippen LogP contribution in [0.5, 0.6) is 0 Å². The van der Waals surface area contributed by atoms with Crippen molar-refractivity contribution in [1.29, 1.82) is 0 Å². The summed E-state index contributed by atoms with van der Waals surface area (Å²) in [6.45, 7) is 9.74. The number of alkyl carbamates (subject to hydrolysis) is 1. The number of rotatable bonds is 3. The summed E-state index contributed by atoms with van der Waals surface area (Å²) >= 11 is 0. The smallest absolute Gasteiger partial charge is 0.407 e. The van der Waals surface area contributed by atoms with E-state index in [9.17, 15) is 4.79 Å². The predicted octanol–water partition coefficient (Wildman–Crippen LogP) is 2.17. The van der Waals surface area contributed by atoms with Crippen LogP contribution in [0.3, 0.4) is 0 Å². The lowest BCUT2D eigenvalue weighted by Gasteiger charge is -2.18. The lowest BCUT2D eigenvalue weighted by molar-refractivity contribution is 0.110. The highest BCUT2D eigenvalue weighted by Crippen LogP contribution is 2.00. The second-order valence-corrected chi connectivity index (χ2v) is 3.63. The number of nitrogens with one attached hydrogen (secondary N) is 1. The second-order valence-electron chi connectivity index (χ2n) is 3.63. The molecule has 12 heavy (non-hydrogen) atoms. The lowest BCUT2D eigenvalue weighted by atomic mass is 10.1. The third-order valence-electron chi connectivity index (χ3n) is 1.69. The van der Waals surface area contributed by atoms with Gasteiger partial charge in [0, 0.05) is 6.04 Å². The molecular weight excluding hydrogens is 154 g/mol. The van der Waals surface area contributed by atoms with Crippen LogP contribution in [0.2, 0.25) is 0 Å². The highest BCUT2D eigenvalue weighted by atomic mass is 16.6. The fraction of sp³-hybridized carbons (Fsp3) is 0.889. The molecule has 3 nitrogen and oxygen atoms in total. The molecule has 3 heteroatoms. The van der Waals surface area contributed by atoms with Gasteiger partial charge in [-0.3, -0.25) is 0 Å². The second kappa shape index (κ2) is 5.01. The van der Waals surface area contributed by atoms with E-state index in [1.807, 2.05) is 20.8 Å². The Balaban J connectivity index is 3.69. The SMILES string of the molecule is CC(C)OC(=O)N[C@H](C)C(C)C. The third kappa shape index (κ3) is 4.99. The molecule has 1 amide bonds. The minimum atomic E-state index is -0.328. The number of ether oxygens (including phenoxy) is 1. The number of carbonyl (C=O) groups is 1. The van der Waals surface area contributed by atoms with Crippen molar-refractivity contribution in [2.45, 2.75) is 46.8 Å². The normalized spacial score (nSPS) is 13.2. The average molecular weight is 173 g/mol. The first kappa shape index (κ1) is 11.3. The molecule has 0 unspecified atom stereocenters. The lowest BCUT2D eigenvalue weighted by Crippen LogP contribution is -2.37. The maximum Gasteiger partial charge on any atom is 0.407 e. The molecule has 0 aliphatic rings. The van der Waals surface area contributed by atoms with Gasteiger partial charge in [-0.1, -0.05) is 13.8 Å². The van der Waals surface area contributed by atoms with Crippen molar-refractivity contribution >= 4 is 6.09 Å². The van der Waals surface area contributed by atoms with Crippen molar-refractivity contribution < 1.29 is 9.53 Å². The largest absolute Gasteiger partial charge is 0.447 e. The van der Waals surface area contributed by atoms with Crippen LogP contribution >= 0.6 is 0 Å².